The lowest BCUT2D eigenvalue weighted by molar-refractivity contribution is -0.138. The molecule has 230 valence electrons. The van der Waals surface area contributed by atoms with Gasteiger partial charge in [-0.3, -0.25) is 19.3 Å². The number of nitrogens with two attached hydrogens (primary N) is 2. The molecule has 4 rings (SSSR count). The number of amides is 1. The summed E-state index contributed by atoms with van der Waals surface area (Å²) in [6.07, 6.45) is -5.70. The number of anilines is 1. The first kappa shape index (κ1) is 31.4. The molecule has 1 aromatic carbocycles. The zero-order valence-corrected chi connectivity index (χ0v) is 24.2. The molecule has 5 atom stereocenters. The fourth-order valence-electron chi connectivity index (χ4n) is 6.86. The molecule has 42 heavy (non-hydrogen) atoms. The highest BCUT2D eigenvalue weighted by Crippen LogP contribution is 2.52. The molecule has 0 radical (unpaired) electrons. The number of primary amides is 1. The maximum atomic E-state index is 14.1. The van der Waals surface area contributed by atoms with E-state index in [-0.39, 0.29) is 36.0 Å². The van der Waals surface area contributed by atoms with Crippen molar-refractivity contribution in [2.75, 3.05) is 33.1 Å². The Kier molecular flexibility index (Phi) is 7.92. The lowest BCUT2D eigenvalue weighted by atomic mass is 9.60. The molecule has 7 N–H and O–H groups in total. The van der Waals surface area contributed by atoms with Crippen molar-refractivity contribution in [1.82, 2.24) is 4.90 Å². The van der Waals surface area contributed by atoms with E-state index in [2.05, 4.69) is 0 Å². The summed E-state index contributed by atoms with van der Waals surface area (Å²) in [5.74, 6) is -6.81. The van der Waals surface area contributed by atoms with E-state index in [1.807, 2.05) is 0 Å². The number of phenolic OH excluding ortho intramolecular Hbond substituents is 1. The Balaban J connectivity index is 1.84. The third-order valence-corrected chi connectivity index (χ3v) is 8.68. The van der Waals surface area contributed by atoms with Crippen LogP contribution in [0.3, 0.4) is 0 Å². The van der Waals surface area contributed by atoms with Crippen LogP contribution in [0.5, 0.6) is 5.75 Å². The number of carbonyl (C=O) groups is 3. The lowest BCUT2D eigenvalue weighted by Gasteiger charge is -2.46. The quantitative estimate of drug-likeness (QED) is 0.298. The first-order valence-electron chi connectivity index (χ1n) is 13.6. The van der Waals surface area contributed by atoms with Crippen LogP contribution >= 0.6 is 0 Å². The van der Waals surface area contributed by atoms with Crippen LogP contribution in [0.2, 0.25) is 0 Å². The van der Waals surface area contributed by atoms with Crippen LogP contribution in [0.4, 0.5) is 18.9 Å². The van der Waals surface area contributed by atoms with Crippen molar-refractivity contribution in [2.45, 2.75) is 56.8 Å². The number of aliphatic hydroxyl groups is 2. The van der Waals surface area contributed by atoms with Gasteiger partial charge in [-0.1, -0.05) is 0 Å². The van der Waals surface area contributed by atoms with Crippen molar-refractivity contribution in [3.05, 3.63) is 45.4 Å². The number of phenols is 1. The Morgan fingerprint density at radius 2 is 1.69 bits per heavy atom. The second kappa shape index (κ2) is 10.6. The maximum Gasteiger partial charge on any atom is 0.389 e. The number of aliphatic hydroxyl groups excluding tert-OH is 2. The van der Waals surface area contributed by atoms with Crippen LogP contribution < -0.4 is 16.4 Å². The summed E-state index contributed by atoms with van der Waals surface area (Å²) in [6, 6.07) is 0.777. The van der Waals surface area contributed by atoms with Crippen LogP contribution in [0.15, 0.2) is 28.7 Å². The van der Waals surface area contributed by atoms with Crippen molar-refractivity contribution >= 4 is 23.2 Å². The molecule has 0 fully saturated rings. The molecule has 0 bridgehead atoms. The minimum absolute atomic E-state index is 0.0791. The second-order valence-electron chi connectivity index (χ2n) is 12.4. The van der Waals surface area contributed by atoms with Gasteiger partial charge in [0.2, 0.25) is 0 Å². The van der Waals surface area contributed by atoms with Crippen LogP contribution in [0.25, 0.3) is 0 Å². The summed E-state index contributed by atoms with van der Waals surface area (Å²) >= 11 is 0. The summed E-state index contributed by atoms with van der Waals surface area (Å²) in [7, 11) is 6.74. The number of aromatic hydroxyl groups is 1. The van der Waals surface area contributed by atoms with E-state index in [9.17, 15) is 42.9 Å². The van der Waals surface area contributed by atoms with Gasteiger partial charge in [-0.15, -0.1) is 0 Å². The third kappa shape index (κ3) is 5.35. The Bertz CT molecular complexity index is 1410. The normalized spacial score (nSPS) is 25.7. The van der Waals surface area contributed by atoms with E-state index in [0.29, 0.717) is 11.3 Å². The van der Waals surface area contributed by atoms with Gasteiger partial charge in [-0.05, 0) is 75.7 Å². The Hall–Kier alpha value is -3.58. The number of fused-ring (bicyclic) bond motifs is 3. The second-order valence-corrected chi connectivity index (χ2v) is 12.4. The van der Waals surface area contributed by atoms with Crippen molar-refractivity contribution in [3.8, 4) is 5.75 Å². The predicted molar refractivity (Wildman–Crippen MR) is 148 cm³/mol. The van der Waals surface area contributed by atoms with Crippen LogP contribution in [-0.4, -0.2) is 83.6 Å². The molecule has 0 saturated carbocycles. The molecule has 1 aromatic rings. The molecule has 0 spiro atoms. The van der Waals surface area contributed by atoms with Crippen LogP contribution in [-0.2, 0) is 22.4 Å². The van der Waals surface area contributed by atoms with Gasteiger partial charge >= 0.3 is 6.18 Å². The number of rotatable bonds is 7. The zero-order chi connectivity index (χ0) is 31.6. The van der Waals surface area contributed by atoms with Gasteiger partial charge in [0.15, 0.2) is 11.6 Å². The first-order valence-corrected chi connectivity index (χ1v) is 13.6. The number of Topliss-reactive ketones (excluding diaryl/α,β-unsaturated/α-hetero) is 2. The third-order valence-electron chi connectivity index (χ3n) is 8.68. The average molecular weight is 595 g/mol. The monoisotopic (exact) mass is 594 g/mol. The summed E-state index contributed by atoms with van der Waals surface area (Å²) in [4.78, 5) is 42.9. The number of likely N-dealkylation sites (N-methyl/N-ethyl adjacent to an activating group) is 1. The van der Waals surface area contributed by atoms with Gasteiger partial charge in [0.05, 0.1) is 17.5 Å². The number of allylic oxidation sites excluding steroid dienone is 2. The van der Waals surface area contributed by atoms with Crippen molar-refractivity contribution in [1.29, 1.82) is 0 Å². The molecule has 1 amide bonds. The van der Waals surface area contributed by atoms with E-state index in [4.69, 9.17) is 11.5 Å². The fourth-order valence-corrected chi connectivity index (χ4v) is 6.86. The summed E-state index contributed by atoms with van der Waals surface area (Å²) in [6.45, 7) is 1.44. The number of halogens is 3. The molecule has 0 aliphatic heterocycles. The topological polar surface area (TPSA) is 170 Å². The molecule has 0 aromatic heterocycles. The summed E-state index contributed by atoms with van der Waals surface area (Å²) in [5.41, 5.74) is 10.6. The molecular formula is C29H37F3N4O6. The number of hydrogen-bond acceptors (Lipinski definition) is 9. The van der Waals surface area contributed by atoms with E-state index in [0.717, 1.165) is 0 Å². The number of hydrogen-bond donors (Lipinski definition) is 5. The van der Waals surface area contributed by atoms with Crippen molar-refractivity contribution < 1.29 is 42.9 Å². The molecule has 3 aliphatic carbocycles. The smallest absolute Gasteiger partial charge is 0.389 e. The molecule has 0 heterocycles. The zero-order valence-electron chi connectivity index (χ0n) is 24.2. The molecule has 4 unspecified atom stereocenters. The van der Waals surface area contributed by atoms with Gasteiger partial charge in [-0.2, -0.15) is 13.2 Å². The first-order chi connectivity index (χ1) is 19.3. The standard InChI is InChI=1S/C29H37F3N4O6/c1-28(34,6-7-29(30,31)32)11-13-10-16(35(2)3)14-8-12-9-15-19(24(39)17(12)23(38)18(14)22(13)37)25(40)20(27(33)42)26(41)21(15)36(4)5/h10,12,15,19,21,37,39,41H,6-9,11,34H2,1-5H3,(H2,33,42)/t12?,15?,19?,21-,28?/m0/s1. The lowest BCUT2D eigenvalue weighted by Crippen LogP contribution is -2.53. The van der Waals surface area contributed by atoms with Gasteiger partial charge in [0, 0.05) is 37.3 Å². The number of carbonyl (C=O) groups excluding carboxylic acids is 3. The van der Waals surface area contributed by atoms with Gasteiger partial charge in [0.1, 0.15) is 22.8 Å². The molecule has 3 aliphatic rings. The van der Waals surface area contributed by atoms with Crippen LogP contribution in [0.1, 0.15) is 47.7 Å². The highest BCUT2D eigenvalue weighted by molar-refractivity contribution is 6.22. The average Bonchev–Trinajstić information content (AvgIpc) is 2.83. The van der Waals surface area contributed by atoms with Gasteiger partial charge < -0.3 is 31.7 Å². The highest BCUT2D eigenvalue weighted by atomic mass is 19.4. The predicted octanol–water partition coefficient (Wildman–Crippen LogP) is 2.67. The number of benzene rings is 1. The number of alkyl halides is 3. The van der Waals surface area contributed by atoms with Crippen LogP contribution in [0, 0.1) is 17.8 Å². The van der Waals surface area contributed by atoms with Gasteiger partial charge in [-0.25, -0.2) is 0 Å². The minimum atomic E-state index is -4.41. The SMILES string of the molecule is CN(C)c1cc(CC(C)(N)CCC(F)(F)F)c(O)c2c1CC1CC3C(C(=O)C(C(N)=O)=C(O)[C@H]3N(C)C)C(O)=C1C2=O. The Morgan fingerprint density at radius 1 is 1.07 bits per heavy atom. The number of ketones is 2. The van der Waals surface area contributed by atoms with E-state index >= 15 is 0 Å². The van der Waals surface area contributed by atoms with Crippen molar-refractivity contribution in [2.24, 2.45) is 29.2 Å². The Morgan fingerprint density at radius 3 is 2.21 bits per heavy atom. The molecule has 0 saturated heterocycles. The molecular weight excluding hydrogens is 557 g/mol. The summed E-state index contributed by atoms with van der Waals surface area (Å²) in [5, 5.41) is 33.7. The van der Waals surface area contributed by atoms with Gasteiger partial charge in [0.25, 0.3) is 5.91 Å². The van der Waals surface area contributed by atoms with E-state index in [1.54, 1.807) is 44.1 Å². The maximum absolute atomic E-state index is 14.1. The molecule has 10 nitrogen and oxygen atoms in total. The van der Waals surface area contributed by atoms with E-state index < -0.39 is 88.7 Å². The fraction of sp³-hybridized carbons (Fsp3) is 0.552. The summed E-state index contributed by atoms with van der Waals surface area (Å²) < 4.78 is 38.7. The number of nitrogens with zero attached hydrogens (tertiary/aromatic N) is 2. The van der Waals surface area contributed by atoms with E-state index in [1.165, 1.54) is 6.92 Å². The highest BCUT2D eigenvalue weighted by Gasteiger charge is 2.54. The Labute approximate surface area is 241 Å². The largest absolute Gasteiger partial charge is 0.511 e. The molecule has 13 heteroatoms. The van der Waals surface area contributed by atoms with Crippen molar-refractivity contribution in [3.63, 3.8) is 0 Å². The minimum Gasteiger partial charge on any atom is -0.511 e.